The van der Waals surface area contributed by atoms with Crippen LogP contribution < -0.4 is 10.6 Å². The molecule has 0 bridgehead atoms. The fourth-order valence-electron chi connectivity index (χ4n) is 1.95. The van der Waals surface area contributed by atoms with Crippen molar-refractivity contribution in [2.24, 2.45) is 0 Å². The van der Waals surface area contributed by atoms with Crippen molar-refractivity contribution in [3.05, 3.63) is 30.2 Å². The van der Waals surface area contributed by atoms with Crippen LogP contribution in [0.2, 0.25) is 0 Å². The molecule has 1 aliphatic rings. The molecule has 3 rings (SSSR count). The molecule has 2 aromatic rings. The Kier molecular flexibility index (Phi) is 3.47. The standard InChI is InChI=1S/C14H16N4O2/c1-9-6-10(14-18-16-8-20-14)2-5-12(9)17-13(19)7-15-11-3-4-11/h2,5-6,8,11,15H,3-4,7H2,1H3,(H,17,19). The predicted molar refractivity (Wildman–Crippen MR) is 74.1 cm³/mol. The van der Waals surface area contributed by atoms with Crippen molar-refractivity contribution in [1.82, 2.24) is 15.5 Å². The number of amides is 1. The molecule has 0 saturated heterocycles. The van der Waals surface area contributed by atoms with E-state index in [-0.39, 0.29) is 5.91 Å². The first-order chi connectivity index (χ1) is 9.72. The van der Waals surface area contributed by atoms with Gasteiger partial charge in [0.25, 0.3) is 0 Å². The maximum atomic E-state index is 11.8. The second-order valence-electron chi connectivity index (χ2n) is 4.98. The molecule has 1 amide bonds. The number of hydrogen-bond acceptors (Lipinski definition) is 5. The van der Waals surface area contributed by atoms with Gasteiger partial charge in [0.15, 0.2) is 0 Å². The van der Waals surface area contributed by atoms with Crippen LogP contribution in [0.3, 0.4) is 0 Å². The molecule has 104 valence electrons. The van der Waals surface area contributed by atoms with E-state index in [1.807, 2.05) is 25.1 Å². The summed E-state index contributed by atoms with van der Waals surface area (Å²) in [6.45, 7) is 2.29. The average molecular weight is 272 g/mol. The summed E-state index contributed by atoms with van der Waals surface area (Å²) in [5, 5.41) is 13.6. The van der Waals surface area contributed by atoms with Gasteiger partial charge < -0.3 is 15.1 Å². The number of carbonyl (C=O) groups is 1. The van der Waals surface area contributed by atoms with E-state index in [1.54, 1.807) is 0 Å². The van der Waals surface area contributed by atoms with E-state index in [0.717, 1.165) is 16.8 Å². The van der Waals surface area contributed by atoms with Gasteiger partial charge in [-0.05, 0) is 43.5 Å². The monoisotopic (exact) mass is 272 g/mol. The zero-order valence-corrected chi connectivity index (χ0v) is 11.2. The van der Waals surface area contributed by atoms with Gasteiger partial charge in [-0.2, -0.15) is 0 Å². The van der Waals surface area contributed by atoms with Crippen LogP contribution in [-0.2, 0) is 4.79 Å². The van der Waals surface area contributed by atoms with Crippen molar-refractivity contribution >= 4 is 11.6 Å². The Labute approximate surface area is 116 Å². The Balaban J connectivity index is 1.65. The number of aromatic nitrogens is 2. The Morgan fingerprint density at radius 2 is 2.30 bits per heavy atom. The highest BCUT2D eigenvalue weighted by atomic mass is 16.4. The van der Waals surface area contributed by atoms with Crippen LogP contribution >= 0.6 is 0 Å². The third-order valence-corrected chi connectivity index (χ3v) is 3.24. The quantitative estimate of drug-likeness (QED) is 0.866. The Hall–Kier alpha value is -2.21. The van der Waals surface area contributed by atoms with Crippen LogP contribution in [0.1, 0.15) is 18.4 Å². The molecule has 0 aliphatic heterocycles. The van der Waals surface area contributed by atoms with E-state index in [4.69, 9.17) is 4.42 Å². The molecule has 1 saturated carbocycles. The van der Waals surface area contributed by atoms with Gasteiger partial charge in [0.05, 0.1) is 6.54 Å². The van der Waals surface area contributed by atoms with Crippen LogP contribution in [0, 0.1) is 6.92 Å². The van der Waals surface area contributed by atoms with Crippen molar-refractivity contribution in [1.29, 1.82) is 0 Å². The number of aryl methyl sites for hydroxylation is 1. The van der Waals surface area contributed by atoms with Crippen LogP contribution in [0.15, 0.2) is 29.0 Å². The lowest BCUT2D eigenvalue weighted by Crippen LogP contribution is -2.29. The van der Waals surface area contributed by atoms with Gasteiger partial charge in [-0.15, -0.1) is 10.2 Å². The van der Waals surface area contributed by atoms with E-state index in [1.165, 1.54) is 19.2 Å². The number of hydrogen-bond donors (Lipinski definition) is 2. The Morgan fingerprint density at radius 3 is 2.95 bits per heavy atom. The summed E-state index contributed by atoms with van der Waals surface area (Å²) in [5.74, 6) is 0.451. The van der Waals surface area contributed by atoms with Crippen LogP contribution in [0.25, 0.3) is 11.5 Å². The summed E-state index contributed by atoms with van der Waals surface area (Å²) in [4.78, 5) is 11.8. The summed E-state index contributed by atoms with van der Waals surface area (Å²) in [6.07, 6.45) is 3.64. The molecule has 0 radical (unpaired) electrons. The van der Waals surface area contributed by atoms with E-state index in [2.05, 4.69) is 20.8 Å². The molecular formula is C14H16N4O2. The predicted octanol–water partition coefficient (Wildman–Crippen LogP) is 1.74. The number of carbonyl (C=O) groups excluding carboxylic acids is 1. The first-order valence-corrected chi connectivity index (χ1v) is 6.63. The fraction of sp³-hybridized carbons (Fsp3) is 0.357. The largest absolute Gasteiger partial charge is 0.423 e. The minimum absolute atomic E-state index is 0.0226. The van der Waals surface area contributed by atoms with E-state index in [0.29, 0.717) is 18.5 Å². The third-order valence-electron chi connectivity index (χ3n) is 3.24. The normalized spacial score (nSPS) is 14.2. The summed E-state index contributed by atoms with van der Waals surface area (Å²) in [6, 6.07) is 6.15. The van der Waals surface area contributed by atoms with Crippen LogP contribution in [0.5, 0.6) is 0 Å². The molecule has 6 nitrogen and oxygen atoms in total. The third kappa shape index (κ3) is 3.03. The van der Waals surface area contributed by atoms with Crippen molar-refractivity contribution in [3.63, 3.8) is 0 Å². The summed E-state index contributed by atoms with van der Waals surface area (Å²) in [7, 11) is 0. The maximum Gasteiger partial charge on any atom is 0.247 e. The highest BCUT2D eigenvalue weighted by Gasteiger charge is 2.21. The van der Waals surface area contributed by atoms with Gasteiger partial charge in [-0.3, -0.25) is 4.79 Å². The highest BCUT2D eigenvalue weighted by molar-refractivity contribution is 5.93. The maximum absolute atomic E-state index is 11.8. The molecule has 1 aromatic heterocycles. The number of anilines is 1. The van der Waals surface area contributed by atoms with E-state index >= 15 is 0 Å². The number of nitrogens with zero attached hydrogens (tertiary/aromatic N) is 2. The molecule has 1 aromatic carbocycles. The molecular weight excluding hydrogens is 256 g/mol. The Bertz CT molecular complexity index is 606. The van der Waals surface area contributed by atoms with Gasteiger partial charge in [0, 0.05) is 17.3 Å². The van der Waals surface area contributed by atoms with Crippen molar-refractivity contribution < 1.29 is 9.21 Å². The SMILES string of the molecule is Cc1cc(-c2nnco2)ccc1NC(=O)CNC1CC1. The van der Waals surface area contributed by atoms with Crippen molar-refractivity contribution in [2.75, 3.05) is 11.9 Å². The first kappa shape index (κ1) is 12.8. The first-order valence-electron chi connectivity index (χ1n) is 6.63. The molecule has 0 spiro atoms. The Morgan fingerprint density at radius 1 is 1.45 bits per heavy atom. The molecule has 1 aliphatic carbocycles. The molecule has 6 heteroatoms. The minimum Gasteiger partial charge on any atom is -0.423 e. The minimum atomic E-state index is -0.0226. The lowest BCUT2D eigenvalue weighted by molar-refractivity contribution is -0.115. The lowest BCUT2D eigenvalue weighted by Gasteiger charge is -2.09. The van der Waals surface area contributed by atoms with Crippen molar-refractivity contribution in [3.8, 4) is 11.5 Å². The summed E-state index contributed by atoms with van der Waals surface area (Å²) in [5.41, 5.74) is 2.60. The molecule has 2 N–H and O–H groups in total. The van der Waals surface area contributed by atoms with E-state index in [9.17, 15) is 4.79 Å². The van der Waals surface area contributed by atoms with Gasteiger partial charge in [-0.25, -0.2) is 0 Å². The molecule has 0 atom stereocenters. The fourth-order valence-corrected chi connectivity index (χ4v) is 1.95. The van der Waals surface area contributed by atoms with Crippen molar-refractivity contribution in [2.45, 2.75) is 25.8 Å². The second-order valence-corrected chi connectivity index (χ2v) is 4.98. The van der Waals surface area contributed by atoms with Crippen LogP contribution in [-0.4, -0.2) is 28.7 Å². The number of nitrogens with one attached hydrogen (secondary N) is 2. The highest BCUT2D eigenvalue weighted by Crippen LogP contribution is 2.23. The van der Waals surface area contributed by atoms with Gasteiger partial charge >= 0.3 is 0 Å². The second kappa shape index (κ2) is 5.42. The average Bonchev–Trinajstić information content (AvgIpc) is 3.11. The smallest absolute Gasteiger partial charge is 0.247 e. The molecule has 1 fully saturated rings. The van der Waals surface area contributed by atoms with E-state index < -0.39 is 0 Å². The number of benzene rings is 1. The summed E-state index contributed by atoms with van der Waals surface area (Å²) < 4.78 is 5.15. The zero-order valence-electron chi connectivity index (χ0n) is 11.2. The molecule has 1 heterocycles. The summed E-state index contributed by atoms with van der Waals surface area (Å²) >= 11 is 0. The lowest BCUT2D eigenvalue weighted by atomic mass is 10.1. The van der Waals surface area contributed by atoms with Gasteiger partial charge in [0.1, 0.15) is 0 Å². The molecule has 0 unspecified atom stereocenters. The van der Waals surface area contributed by atoms with Gasteiger partial charge in [0.2, 0.25) is 18.2 Å². The molecule has 20 heavy (non-hydrogen) atoms. The topological polar surface area (TPSA) is 80.1 Å². The number of rotatable bonds is 5. The van der Waals surface area contributed by atoms with Gasteiger partial charge in [-0.1, -0.05) is 0 Å². The van der Waals surface area contributed by atoms with Crippen LogP contribution in [0.4, 0.5) is 5.69 Å². The zero-order chi connectivity index (χ0) is 13.9.